The first-order valence-corrected chi connectivity index (χ1v) is 5.01. The van der Waals surface area contributed by atoms with E-state index >= 15 is 0 Å². The largest absolute Gasteiger partial charge is 0.386 e. The van der Waals surface area contributed by atoms with Crippen molar-refractivity contribution in [3.05, 3.63) is 28.6 Å². The molecule has 0 unspecified atom stereocenters. The van der Waals surface area contributed by atoms with E-state index in [0.29, 0.717) is 4.73 Å². The molecule has 0 aliphatic rings. The minimum atomic E-state index is -0.847. The van der Waals surface area contributed by atoms with Gasteiger partial charge in [0.05, 0.1) is 5.60 Å². The summed E-state index contributed by atoms with van der Waals surface area (Å²) in [4.78, 5) is 4.14. The Labute approximate surface area is 89.7 Å². The van der Waals surface area contributed by atoms with E-state index in [9.17, 15) is 5.11 Å². The summed E-state index contributed by atoms with van der Waals surface area (Å²) in [6.07, 6.45) is 1.78. The summed E-state index contributed by atoms with van der Waals surface area (Å²) in [5.74, 6) is 0. The average molecular weight is 256 g/mol. The molecule has 0 amide bonds. The van der Waals surface area contributed by atoms with Gasteiger partial charge in [-0.2, -0.15) is 0 Å². The quantitative estimate of drug-likeness (QED) is 0.845. The topological polar surface area (TPSA) is 50.4 Å². The zero-order chi connectivity index (χ0) is 10.3. The molecule has 74 valence electrons. The first-order chi connectivity index (χ1) is 6.47. The normalized spacial score (nSPS) is 12.3. The van der Waals surface area contributed by atoms with Gasteiger partial charge in [-0.15, -0.1) is 5.10 Å². The molecule has 2 heterocycles. The van der Waals surface area contributed by atoms with Crippen molar-refractivity contribution in [2.45, 2.75) is 19.4 Å². The van der Waals surface area contributed by atoms with Crippen LogP contribution in [0.4, 0.5) is 0 Å². The standard InChI is InChI=1S/C9H10BrN3O/c1-9(2,14)6-3-4-13-7(5-6)11-8(10)12-13/h3-5,14H,1-2H3. The fraction of sp³-hybridized carbons (Fsp3) is 0.333. The van der Waals surface area contributed by atoms with Gasteiger partial charge in [-0.1, -0.05) is 0 Å². The molecule has 0 aromatic carbocycles. The second-order valence-electron chi connectivity index (χ2n) is 3.66. The van der Waals surface area contributed by atoms with E-state index in [0.717, 1.165) is 11.2 Å². The van der Waals surface area contributed by atoms with Crippen LogP contribution in [0.25, 0.3) is 5.65 Å². The first kappa shape index (κ1) is 9.61. The van der Waals surface area contributed by atoms with Gasteiger partial charge in [0.25, 0.3) is 0 Å². The van der Waals surface area contributed by atoms with Crippen LogP contribution in [0.2, 0.25) is 0 Å². The molecular formula is C9H10BrN3O. The summed E-state index contributed by atoms with van der Waals surface area (Å²) in [5.41, 5.74) is 0.696. The lowest BCUT2D eigenvalue weighted by Crippen LogP contribution is -2.15. The number of hydrogen-bond acceptors (Lipinski definition) is 3. The van der Waals surface area contributed by atoms with Crippen molar-refractivity contribution in [2.24, 2.45) is 0 Å². The van der Waals surface area contributed by atoms with Crippen molar-refractivity contribution in [1.29, 1.82) is 0 Å². The Hall–Kier alpha value is -0.940. The maximum atomic E-state index is 9.79. The number of fused-ring (bicyclic) bond motifs is 1. The Bertz CT molecular complexity index is 472. The summed E-state index contributed by atoms with van der Waals surface area (Å²) in [5, 5.41) is 13.9. The third-order valence-electron chi connectivity index (χ3n) is 2.02. The van der Waals surface area contributed by atoms with Gasteiger partial charge in [-0.05, 0) is 47.5 Å². The summed E-state index contributed by atoms with van der Waals surface area (Å²) in [6.45, 7) is 3.48. The molecule has 14 heavy (non-hydrogen) atoms. The lowest BCUT2D eigenvalue weighted by atomic mass is 10.00. The molecule has 4 nitrogen and oxygen atoms in total. The van der Waals surface area contributed by atoms with Crippen molar-refractivity contribution in [1.82, 2.24) is 14.6 Å². The van der Waals surface area contributed by atoms with Crippen LogP contribution in [0.15, 0.2) is 23.1 Å². The number of halogens is 1. The van der Waals surface area contributed by atoms with Gasteiger partial charge in [0, 0.05) is 6.20 Å². The van der Waals surface area contributed by atoms with E-state index in [4.69, 9.17) is 0 Å². The highest BCUT2D eigenvalue weighted by Gasteiger charge is 2.16. The van der Waals surface area contributed by atoms with E-state index in [-0.39, 0.29) is 0 Å². The van der Waals surface area contributed by atoms with Crippen molar-refractivity contribution < 1.29 is 5.11 Å². The van der Waals surface area contributed by atoms with E-state index in [1.807, 2.05) is 12.1 Å². The van der Waals surface area contributed by atoms with Gasteiger partial charge in [0.1, 0.15) is 0 Å². The van der Waals surface area contributed by atoms with Crippen molar-refractivity contribution in [3.8, 4) is 0 Å². The zero-order valence-corrected chi connectivity index (χ0v) is 9.48. The van der Waals surface area contributed by atoms with E-state index < -0.39 is 5.60 Å². The third kappa shape index (κ3) is 1.65. The van der Waals surface area contributed by atoms with Crippen molar-refractivity contribution in [2.75, 3.05) is 0 Å². The maximum absolute atomic E-state index is 9.79. The number of pyridine rings is 1. The Morgan fingerprint density at radius 3 is 2.86 bits per heavy atom. The predicted octanol–water partition coefficient (Wildman–Crippen LogP) is 1.72. The van der Waals surface area contributed by atoms with Crippen LogP contribution in [0.5, 0.6) is 0 Å². The van der Waals surface area contributed by atoms with Crippen LogP contribution < -0.4 is 0 Å². The molecule has 5 heteroatoms. The zero-order valence-electron chi connectivity index (χ0n) is 7.90. The van der Waals surface area contributed by atoms with E-state index in [1.165, 1.54) is 0 Å². The number of aliphatic hydroxyl groups is 1. The van der Waals surface area contributed by atoms with Crippen LogP contribution in [-0.4, -0.2) is 19.7 Å². The number of nitrogens with zero attached hydrogens (tertiary/aromatic N) is 3. The number of hydrogen-bond donors (Lipinski definition) is 1. The summed E-state index contributed by atoms with van der Waals surface area (Å²) in [6, 6.07) is 3.64. The summed E-state index contributed by atoms with van der Waals surface area (Å²) in [7, 11) is 0. The van der Waals surface area contributed by atoms with Gasteiger partial charge in [0.2, 0.25) is 4.73 Å². The Balaban J connectivity index is 2.62. The maximum Gasteiger partial charge on any atom is 0.218 e. The van der Waals surface area contributed by atoms with Crippen LogP contribution in [0, 0.1) is 0 Å². The molecular weight excluding hydrogens is 246 g/mol. The van der Waals surface area contributed by atoms with Crippen LogP contribution in [0.3, 0.4) is 0 Å². The Morgan fingerprint density at radius 2 is 2.21 bits per heavy atom. The van der Waals surface area contributed by atoms with Crippen LogP contribution in [0.1, 0.15) is 19.4 Å². The molecule has 0 radical (unpaired) electrons. The van der Waals surface area contributed by atoms with Gasteiger partial charge in [-0.3, -0.25) is 0 Å². The second-order valence-corrected chi connectivity index (χ2v) is 4.37. The lowest BCUT2D eigenvalue weighted by Gasteiger charge is -2.17. The molecule has 2 aromatic heterocycles. The molecule has 1 N–H and O–H groups in total. The SMILES string of the molecule is CC(C)(O)c1ccn2nc(Br)nc2c1. The number of rotatable bonds is 1. The highest BCUT2D eigenvalue weighted by molar-refractivity contribution is 9.10. The molecule has 0 atom stereocenters. The molecule has 0 saturated carbocycles. The number of aromatic nitrogens is 3. The Morgan fingerprint density at radius 1 is 1.50 bits per heavy atom. The van der Waals surface area contributed by atoms with E-state index in [1.54, 1.807) is 24.6 Å². The molecule has 2 aromatic rings. The molecule has 0 aliphatic carbocycles. The summed E-state index contributed by atoms with van der Waals surface area (Å²) >= 11 is 3.19. The fourth-order valence-electron chi connectivity index (χ4n) is 1.23. The lowest BCUT2D eigenvalue weighted by molar-refractivity contribution is 0.0786. The highest BCUT2D eigenvalue weighted by atomic mass is 79.9. The van der Waals surface area contributed by atoms with Crippen molar-refractivity contribution in [3.63, 3.8) is 0 Å². The second kappa shape index (κ2) is 3.03. The van der Waals surface area contributed by atoms with Crippen LogP contribution >= 0.6 is 15.9 Å². The minimum Gasteiger partial charge on any atom is -0.386 e. The molecule has 2 rings (SSSR count). The fourth-order valence-corrected chi connectivity index (χ4v) is 1.59. The smallest absolute Gasteiger partial charge is 0.218 e. The summed E-state index contributed by atoms with van der Waals surface area (Å²) < 4.78 is 2.20. The van der Waals surface area contributed by atoms with Gasteiger partial charge in [-0.25, -0.2) is 9.50 Å². The average Bonchev–Trinajstić information content (AvgIpc) is 2.41. The van der Waals surface area contributed by atoms with Crippen molar-refractivity contribution >= 4 is 21.6 Å². The van der Waals surface area contributed by atoms with Gasteiger partial charge in [0.15, 0.2) is 5.65 Å². The monoisotopic (exact) mass is 255 g/mol. The van der Waals surface area contributed by atoms with Crippen LogP contribution in [-0.2, 0) is 5.60 Å². The molecule has 0 spiro atoms. The Kier molecular flexibility index (Phi) is 2.08. The minimum absolute atomic E-state index is 0.547. The van der Waals surface area contributed by atoms with Gasteiger partial charge >= 0.3 is 0 Å². The van der Waals surface area contributed by atoms with E-state index in [2.05, 4.69) is 26.0 Å². The predicted molar refractivity (Wildman–Crippen MR) is 55.9 cm³/mol. The molecule has 0 bridgehead atoms. The first-order valence-electron chi connectivity index (χ1n) is 4.21. The van der Waals surface area contributed by atoms with Gasteiger partial charge < -0.3 is 5.11 Å². The molecule has 0 fully saturated rings. The molecule has 0 aliphatic heterocycles. The third-order valence-corrected chi connectivity index (χ3v) is 2.35. The highest BCUT2D eigenvalue weighted by Crippen LogP contribution is 2.20. The molecule has 0 saturated heterocycles.